The Morgan fingerprint density at radius 2 is 2.18 bits per heavy atom. The van der Waals surface area contributed by atoms with E-state index in [0.717, 1.165) is 11.1 Å². The van der Waals surface area contributed by atoms with Crippen LogP contribution in [-0.2, 0) is 6.42 Å². The molecule has 0 saturated carbocycles. The van der Waals surface area contributed by atoms with Crippen molar-refractivity contribution in [3.63, 3.8) is 0 Å². The Labute approximate surface area is 99.0 Å². The Balaban J connectivity index is 2.58. The minimum atomic E-state index is -0.281. The van der Waals surface area contributed by atoms with Crippen LogP contribution < -0.4 is 5.56 Å². The number of nitrogens with one attached hydrogen (secondary N) is 1. The molecule has 4 heteroatoms. The zero-order valence-electron chi connectivity index (χ0n) is 9.82. The quantitative estimate of drug-likeness (QED) is 0.829. The highest BCUT2D eigenvalue weighted by atomic mass is 16.3. The third-order valence-corrected chi connectivity index (χ3v) is 2.64. The molecule has 0 aliphatic carbocycles. The summed E-state index contributed by atoms with van der Waals surface area (Å²) in [5.41, 5.74) is 1.90. The second kappa shape index (κ2) is 4.41. The second-order valence-corrected chi connectivity index (χ2v) is 3.94. The van der Waals surface area contributed by atoms with Crippen LogP contribution in [0.4, 0.5) is 0 Å². The molecule has 17 heavy (non-hydrogen) atoms. The number of H-pyrrole nitrogens is 1. The van der Waals surface area contributed by atoms with E-state index in [9.17, 15) is 9.90 Å². The normalized spacial score (nSPS) is 10.5. The Morgan fingerprint density at radius 1 is 1.41 bits per heavy atom. The molecule has 0 bridgehead atoms. The first-order valence-corrected chi connectivity index (χ1v) is 5.51. The van der Waals surface area contributed by atoms with Crippen LogP contribution in [-0.4, -0.2) is 15.1 Å². The van der Waals surface area contributed by atoms with Gasteiger partial charge >= 0.3 is 0 Å². The summed E-state index contributed by atoms with van der Waals surface area (Å²) < 4.78 is 0. The SMILES string of the molecule is CCc1c(O)nc(-c2cccc(C)c2)[nH]c1=O. The van der Waals surface area contributed by atoms with E-state index >= 15 is 0 Å². The van der Waals surface area contributed by atoms with E-state index in [2.05, 4.69) is 9.97 Å². The summed E-state index contributed by atoms with van der Waals surface area (Å²) in [4.78, 5) is 18.4. The number of hydrogen-bond donors (Lipinski definition) is 2. The van der Waals surface area contributed by atoms with Crippen molar-refractivity contribution in [2.75, 3.05) is 0 Å². The lowest BCUT2D eigenvalue weighted by Gasteiger charge is -2.05. The number of hydrogen-bond acceptors (Lipinski definition) is 3. The van der Waals surface area contributed by atoms with Crippen LogP contribution >= 0.6 is 0 Å². The molecule has 4 nitrogen and oxygen atoms in total. The zero-order valence-corrected chi connectivity index (χ0v) is 9.82. The number of aromatic hydroxyl groups is 1. The molecule has 0 aliphatic rings. The summed E-state index contributed by atoms with van der Waals surface area (Å²) in [6.07, 6.45) is 0.461. The van der Waals surface area contributed by atoms with Gasteiger partial charge in [0.1, 0.15) is 5.82 Å². The molecular formula is C13H14N2O2. The van der Waals surface area contributed by atoms with E-state index in [0.29, 0.717) is 17.8 Å². The van der Waals surface area contributed by atoms with Crippen LogP contribution in [0.15, 0.2) is 29.1 Å². The van der Waals surface area contributed by atoms with Crippen molar-refractivity contribution in [3.05, 3.63) is 45.7 Å². The van der Waals surface area contributed by atoms with E-state index in [-0.39, 0.29) is 11.4 Å². The lowest BCUT2D eigenvalue weighted by Crippen LogP contribution is -2.14. The van der Waals surface area contributed by atoms with Crippen LogP contribution in [0, 0.1) is 6.92 Å². The Hall–Kier alpha value is -2.10. The molecule has 88 valence electrons. The van der Waals surface area contributed by atoms with Crippen molar-refractivity contribution >= 4 is 0 Å². The molecule has 1 heterocycles. The maximum absolute atomic E-state index is 11.7. The molecule has 0 aliphatic heterocycles. The Bertz CT molecular complexity index is 603. The van der Waals surface area contributed by atoms with Crippen molar-refractivity contribution in [2.45, 2.75) is 20.3 Å². The van der Waals surface area contributed by atoms with Crippen molar-refractivity contribution in [1.29, 1.82) is 0 Å². The lowest BCUT2D eigenvalue weighted by atomic mass is 10.1. The lowest BCUT2D eigenvalue weighted by molar-refractivity contribution is 0.444. The smallest absolute Gasteiger partial charge is 0.258 e. The van der Waals surface area contributed by atoms with Gasteiger partial charge in [-0.25, -0.2) is 0 Å². The fraction of sp³-hybridized carbons (Fsp3) is 0.231. The number of aromatic amines is 1. The largest absolute Gasteiger partial charge is 0.493 e. The monoisotopic (exact) mass is 230 g/mol. The molecule has 0 fully saturated rings. The number of aromatic nitrogens is 2. The van der Waals surface area contributed by atoms with Gasteiger partial charge in [-0.2, -0.15) is 4.98 Å². The summed E-state index contributed by atoms with van der Waals surface area (Å²) in [6.45, 7) is 3.76. The molecule has 2 rings (SSSR count). The highest BCUT2D eigenvalue weighted by Gasteiger charge is 2.09. The maximum atomic E-state index is 11.7. The fourth-order valence-electron chi connectivity index (χ4n) is 1.73. The summed E-state index contributed by atoms with van der Waals surface area (Å²) in [5.74, 6) is 0.209. The van der Waals surface area contributed by atoms with Gasteiger partial charge in [-0.1, -0.05) is 30.7 Å². The third kappa shape index (κ3) is 2.20. The topological polar surface area (TPSA) is 66.0 Å². The van der Waals surface area contributed by atoms with Crippen LogP contribution in [0.1, 0.15) is 18.1 Å². The van der Waals surface area contributed by atoms with Gasteiger partial charge in [0.05, 0.1) is 5.56 Å². The number of aryl methyl sites for hydroxylation is 1. The molecule has 0 saturated heterocycles. The van der Waals surface area contributed by atoms with Crippen molar-refractivity contribution < 1.29 is 5.11 Å². The van der Waals surface area contributed by atoms with Gasteiger partial charge in [-0.3, -0.25) is 4.79 Å². The van der Waals surface area contributed by atoms with E-state index in [4.69, 9.17) is 0 Å². The molecule has 1 aromatic carbocycles. The van der Waals surface area contributed by atoms with Crippen LogP contribution in [0.25, 0.3) is 11.4 Å². The molecule has 1 aromatic heterocycles. The van der Waals surface area contributed by atoms with Gasteiger partial charge in [0.25, 0.3) is 5.56 Å². The molecule has 0 atom stereocenters. The van der Waals surface area contributed by atoms with Crippen molar-refractivity contribution in [1.82, 2.24) is 9.97 Å². The highest BCUT2D eigenvalue weighted by Crippen LogP contribution is 2.18. The second-order valence-electron chi connectivity index (χ2n) is 3.94. The minimum absolute atomic E-state index is 0.187. The van der Waals surface area contributed by atoms with E-state index < -0.39 is 0 Å². The number of nitrogens with zero attached hydrogens (tertiary/aromatic N) is 1. The Morgan fingerprint density at radius 3 is 2.76 bits per heavy atom. The minimum Gasteiger partial charge on any atom is -0.493 e. The molecule has 0 amide bonds. The average Bonchev–Trinajstić information content (AvgIpc) is 2.28. The van der Waals surface area contributed by atoms with Crippen molar-refractivity contribution in [2.24, 2.45) is 0 Å². The first-order valence-electron chi connectivity index (χ1n) is 5.51. The molecule has 0 radical (unpaired) electrons. The van der Waals surface area contributed by atoms with Gasteiger partial charge in [0.15, 0.2) is 0 Å². The van der Waals surface area contributed by atoms with Gasteiger partial charge in [0.2, 0.25) is 5.88 Å². The molecule has 2 aromatic rings. The first-order chi connectivity index (χ1) is 8.11. The summed E-state index contributed by atoms with van der Waals surface area (Å²) >= 11 is 0. The van der Waals surface area contributed by atoms with E-state index in [1.807, 2.05) is 31.2 Å². The molecular weight excluding hydrogens is 216 g/mol. The van der Waals surface area contributed by atoms with Gasteiger partial charge in [0, 0.05) is 5.56 Å². The molecule has 0 spiro atoms. The fourth-order valence-corrected chi connectivity index (χ4v) is 1.73. The van der Waals surface area contributed by atoms with Crippen molar-refractivity contribution in [3.8, 4) is 17.3 Å². The predicted octanol–water partition coefficient (Wildman–Crippen LogP) is 2.01. The highest BCUT2D eigenvalue weighted by molar-refractivity contribution is 5.56. The van der Waals surface area contributed by atoms with E-state index in [1.54, 1.807) is 6.92 Å². The van der Waals surface area contributed by atoms with Gasteiger partial charge in [-0.05, 0) is 19.4 Å². The van der Waals surface area contributed by atoms with Gasteiger partial charge in [-0.15, -0.1) is 0 Å². The molecule has 0 unspecified atom stereocenters. The number of rotatable bonds is 2. The number of benzene rings is 1. The van der Waals surface area contributed by atoms with Crippen LogP contribution in [0.5, 0.6) is 5.88 Å². The first kappa shape index (κ1) is 11.4. The summed E-state index contributed by atoms with van der Waals surface area (Å²) in [6, 6.07) is 7.59. The Kier molecular flexibility index (Phi) is 2.95. The third-order valence-electron chi connectivity index (χ3n) is 2.64. The maximum Gasteiger partial charge on any atom is 0.258 e. The molecule has 2 N–H and O–H groups in total. The summed E-state index contributed by atoms with van der Waals surface area (Å²) in [5, 5.41) is 9.67. The summed E-state index contributed by atoms with van der Waals surface area (Å²) in [7, 11) is 0. The zero-order chi connectivity index (χ0) is 12.4. The van der Waals surface area contributed by atoms with Crippen LogP contribution in [0.2, 0.25) is 0 Å². The van der Waals surface area contributed by atoms with E-state index in [1.165, 1.54) is 0 Å². The van der Waals surface area contributed by atoms with Gasteiger partial charge < -0.3 is 10.1 Å². The average molecular weight is 230 g/mol. The standard InChI is InChI=1S/C13H14N2O2/c1-3-10-12(16)14-11(15-13(10)17)9-6-4-5-8(2)7-9/h4-7H,3H2,1-2H3,(H2,14,15,16,17). The van der Waals surface area contributed by atoms with Crippen LogP contribution in [0.3, 0.4) is 0 Å². The predicted molar refractivity (Wildman–Crippen MR) is 66.1 cm³/mol.